The molecule has 1 aromatic carbocycles. The standard InChI is InChI=1S/C19H29NO4/c1-15(2)13-20(10-12-22-3)19(21)16-6-8-17(9-7-16)24-14-18-5-4-11-23-18/h6-9,15,18H,4-5,10-14H2,1-3H3. The summed E-state index contributed by atoms with van der Waals surface area (Å²) in [6.45, 7) is 7.48. The quantitative estimate of drug-likeness (QED) is 0.696. The number of benzene rings is 1. The van der Waals surface area contributed by atoms with Gasteiger partial charge in [-0.3, -0.25) is 4.79 Å². The van der Waals surface area contributed by atoms with E-state index in [9.17, 15) is 4.79 Å². The zero-order valence-corrected chi connectivity index (χ0v) is 15.0. The summed E-state index contributed by atoms with van der Waals surface area (Å²) >= 11 is 0. The molecule has 0 saturated carbocycles. The van der Waals surface area contributed by atoms with Gasteiger partial charge in [-0.25, -0.2) is 0 Å². The van der Waals surface area contributed by atoms with Gasteiger partial charge in [0, 0.05) is 32.4 Å². The first-order valence-electron chi connectivity index (χ1n) is 8.73. The number of carbonyl (C=O) groups is 1. The predicted molar refractivity (Wildman–Crippen MR) is 93.5 cm³/mol. The Balaban J connectivity index is 1.92. The molecule has 0 spiro atoms. The van der Waals surface area contributed by atoms with Gasteiger partial charge in [-0.2, -0.15) is 0 Å². The Morgan fingerprint density at radius 1 is 1.33 bits per heavy atom. The van der Waals surface area contributed by atoms with Crippen LogP contribution in [0.3, 0.4) is 0 Å². The van der Waals surface area contributed by atoms with Crippen molar-refractivity contribution in [3.8, 4) is 5.75 Å². The molecule has 24 heavy (non-hydrogen) atoms. The highest BCUT2D eigenvalue weighted by atomic mass is 16.5. The first-order valence-corrected chi connectivity index (χ1v) is 8.73. The Morgan fingerprint density at radius 2 is 2.08 bits per heavy atom. The van der Waals surface area contributed by atoms with Gasteiger partial charge in [0.05, 0.1) is 12.7 Å². The van der Waals surface area contributed by atoms with E-state index in [1.807, 2.05) is 29.2 Å². The molecule has 1 fully saturated rings. The second-order valence-electron chi connectivity index (χ2n) is 6.61. The fourth-order valence-electron chi connectivity index (χ4n) is 2.76. The van der Waals surface area contributed by atoms with Crippen molar-refractivity contribution in [1.29, 1.82) is 0 Å². The normalized spacial score (nSPS) is 17.2. The van der Waals surface area contributed by atoms with Crippen LogP contribution in [0.15, 0.2) is 24.3 Å². The highest BCUT2D eigenvalue weighted by Crippen LogP contribution is 2.17. The van der Waals surface area contributed by atoms with Gasteiger partial charge in [0.2, 0.25) is 0 Å². The zero-order chi connectivity index (χ0) is 17.4. The molecular weight excluding hydrogens is 306 g/mol. The summed E-state index contributed by atoms with van der Waals surface area (Å²) in [7, 11) is 1.65. The zero-order valence-electron chi connectivity index (χ0n) is 15.0. The smallest absolute Gasteiger partial charge is 0.253 e. The molecule has 0 N–H and O–H groups in total. The van der Waals surface area contributed by atoms with Gasteiger partial charge in [-0.1, -0.05) is 13.8 Å². The van der Waals surface area contributed by atoms with Gasteiger partial charge in [-0.05, 0) is 43.0 Å². The molecule has 1 aliphatic heterocycles. The molecule has 0 radical (unpaired) electrons. The molecule has 1 heterocycles. The lowest BCUT2D eigenvalue weighted by Crippen LogP contribution is -2.36. The molecule has 1 aromatic rings. The van der Waals surface area contributed by atoms with Gasteiger partial charge in [0.15, 0.2) is 0 Å². The molecule has 5 nitrogen and oxygen atoms in total. The first kappa shape index (κ1) is 18.7. The summed E-state index contributed by atoms with van der Waals surface area (Å²) < 4.78 is 16.4. The molecule has 5 heteroatoms. The van der Waals surface area contributed by atoms with Crippen LogP contribution in [0.4, 0.5) is 0 Å². The molecule has 0 bridgehead atoms. The van der Waals surface area contributed by atoms with Crippen molar-refractivity contribution < 1.29 is 19.0 Å². The van der Waals surface area contributed by atoms with Crippen LogP contribution in [0.25, 0.3) is 0 Å². The van der Waals surface area contributed by atoms with Crippen molar-refractivity contribution in [2.24, 2.45) is 5.92 Å². The molecule has 134 valence electrons. The van der Waals surface area contributed by atoms with Crippen molar-refractivity contribution in [2.75, 3.05) is 40.0 Å². The lowest BCUT2D eigenvalue weighted by molar-refractivity contribution is 0.0666. The third kappa shape index (κ3) is 5.80. The highest BCUT2D eigenvalue weighted by Gasteiger charge is 2.18. The third-order valence-electron chi connectivity index (χ3n) is 4.00. The minimum Gasteiger partial charge on any atom is -0.491 e. The second-order valence-corrected chi connectivity index (χ2v) is 6.61. The Kier molecular flexibility index (Phi) is 7.53. The van der Waals surface area contributed by atoms with Gasteiger partial charge < -0.3 is 19.1 Å². The highest BCUT2D eigenvalue weighted by molar-refractivity contribution is 5.94. The minimum absolute atomic E-state index is 0.0337. The van der Waals surface area contributed by atoms with Crippen molar-refractivity contribution in [3.63, 3.8) is 0 Å². The average Bonchev–Trinajstić information content (AvgIpc) is 3.10. The Labute approximate surface area is 144 Å². The molecule has 0 aliphatic carbocycles. The van der Waals surface area contributed by atoms with Gasteiger partial charge >= 0.3 is 0 Å². The third-order valence-corrected chi connectivity index (χ3v) is 4.00. The van der Waals surface area contributed by atoms with Gasteiger partial charge in [0.1, 0.15) is 12.4 Å². The Bertz CT molecular complexity index is 495. The lowest BCUT2D eigenvalue weighted by atomic mass is 10.1. The fraction of sp³-hybridized carbons (Fsp3) is 0.632. The van der Waals surface area contributed by atoms with Gasteiger partial charge in [-0.15, -0.1) is 0 Å². The fourth-order valence-corrected chi connectivity index (χ4v) is 2.76. The van der Waals surface area contributed by atoms with Crippen LogP contribution in [-0.4, -0.2) is 56.9 Å². The number of rotatable bonds is 9. The van der Waals surface area contributed by atoms with Crippen molar-refractivity contribution in [3.05, 3.63) is 29.8 Å². The maximum atomic E-state index is 12.7. The molecule has 1 unspecified atom stereocenters. The van der Waals surface area contributed by atoms with E-state index in [-0.39, 0.29) is 12.0 Å². The van der Waals surface area contributed by atoms with Crippen LogP contribution < -0.4 is 4.74 Å². The number of carbonyl (C=O) groups excluding carboxylic acids is 1. The van der Waals surface area contributed by atoms with E-state index < -0.39 is 0 Å². The number of amides is 1. The first-order chi connectivity index (χ1) is 11.6. The van der Waals surface area contributed by atoms with Gasteiger partial charge in [0.25, 0.3) is 5.91 Å². The van der Waals surface area contributed by atoms with Crippen LogP contribution in [0, 0.1) is 5.92 Å². The minimum atomic E-state index is 0.0337. The Hall–Kier alpha value is -1.59. The van der Waals surface area contributed by atoms with E-state index in [1.165, 1.54) is 0 Å². The molecule has 1 saturated heterocycles. The summed E-state index contributed by atoms with van der Waals surface area (Å²) in [4.78, 5) is 14.5. The molecule has 2 rings (SSSR count). The van der Waals surface area contributed by atoms with E-state index in [4.69, 9.17) is 14.2 Å². The topological polar surface area (TPSA) is 48.0 Å². The molecule has 1 amide bonds. The van der Waals surface area contributed by atoms with E-state index in [1.54, 1.807) is 7.11 Å². The van der Waals surface area contributed by atoms with Crippen LogP contribution in [-0.2, 0) is 9.47 Å². The monoisotopic (exact) mass is 335 g/mol. The largest absolute Gasteiger partial charge is 0.491 e. The van der Waals surface area contributed by atoms with Crippen LogP contribution in [0.1, 0.15) is 37.0 Å². The molecule has 1 atom stereocenters. The number of ether oxygens (including phenoxy) is 3. The summed E-state index contributed by atoms with van der Waals surface area (Å²) in [5.41, 5.74) is 0.677. The summed E-state index contributed by atoms with van der Waals surface area (Å²) in [6, 6.07) is 7.36. The van der Waals surface area contributed by atoms with Crippen LogP contribution >= 0.6 is 0 Å². The maximum absolute atomic E-state index is 12.7. The molecule has 1 aliphatic rings. The number of hydrogen-bond acceptors (Lipinski definition) is 4. The SMILES string of the molecule is COCCN(CC(C)C)C(=O)c1ccc(OCC2CCCO2)cc1. The molecular formula is C19H29NO4. The van der Waals surface area contributed by atoms with E-state index in [0.29, 0.717) is 31.2 Å². The molecule has 0 aromatic heterocycles. The van der Waals surface area contributed by atoms with Crippen molar-refractivity contribution >= 4 is 5.91 Å². The number of methoxy groups -OCH3 is 1. The summed E-state index contributed by atoms with van der Waals surface area (Å²) in [6.07, 6.45) is 2.36. The lowest BCUT2D eigenvalue weighted by Gasteiger charge is -2.24. The van der Waals surface area contributed by atoms with E-state index >= 15 is 0 Å². The predicted octanol–water partition coefficient (Wildman–Crippen LogP) is 2.99. The van der Waals surface area contributed by atoms with Crippen molar-refractivity contribution in [2.45, 2.75) is 32.8 Å². The van der Waals surface area contributed by atoms with Crippen molar-refractivity contribution in [1.82, 2.24) is 4.90 Å². The maximum Gasteiger partial charge on any atom is 0.253 e. The van der Waals surface area contributed by atoms with Crippen LogP contribution in [0.5, 0.6) is 5.75 Å². The summed E-state index contributed by atoms with van der Waals surface area (Å²) in [5.74, 6) is 1.22. The second kappa shape index (κ2) is 9.64. The van der Waals surface area contributed by atoms with E-state index in [0.717, 1.165) is 31.7 Å². The van der Waals surface area contributed by atoms with Crippen LogP contribution in [0.2, 0.25) is 0 Å². The average molecular weight is 335 g/mol. The number of hydrogen-bond donors (Lipinski definition) is 0. The summed E-state index contributed by atoms with van der Waals surface area (Å²) in [5, 5.41) is 0. The number of nitrogens with zero attached hydrogens (tertiary/aromatic N) is 1. The Morgan fingerprint density at radius 3 is 2.67 bits per heavy atom. The van der Waals surface area contributed by atoms with E-state index in [2.05, 4.69) is 13.8 Å².